The molecule has 0 aromatic heterocycles. The van der Waals surface area contributed by atoms with Crippen molar-refractivity contribution in [3.63, 3.8) is 0 Å². The second-order valence-electron chi connectivity index (χ2n) is 5.29. The lowest BCUT2D eigenvalue weighted by atomic mass is 10.0. The van der Waals surface area contributed by atoms with E-state index in [1.54, 1.807) is 25.1 Å². The summed E-state index contributed by atoms with van der Waals surface area (Å²) in [6, 6.07) is 4.87. The van der Waals surface area contributed by atoms with Crippen LogP contribution in [0.25, 0.3) is 0 Å². The van der Waals surface area contributed by atoms with E-state index in [0.29, 0.717) is 24.5 Å². The Morgan fingerprint density at radius 1 is 1.22 bits per heavy atom. The molecule has 1 rings (SSSR count). The molecule has 0 saturated heterocycles. The number of anilines is 1. The molecule has 0 heterocycles. The number of ether oxygens (including phenoxy) is 3. The number of benzene rings is 1. The molecule has 128 valence electrons. The summed E-state index contributed by atoms with van der Waals surface area (Å²) in [5.74, 6) is -0.362. The van der Waals surface area contributed by atoms with E-state index in [2.05, 4.69) is 5.32 Å². The van der Waals surface area contributed by atoms with E-state index in [1.807, 2.05) is 13.8 Å². The normalized spacial score (nSPS) is 13.1. The minimum absolute atomic E-state index is 0.273. The summed E-state index contributed by atoms with van der Waals surface area (Å²) in [6.45, 7) is 6.04. The number of methoxy groups -OCH3 is 2. The van der Waals surface area contributed by atoms with Gasteiger partial charge >= 0.3 is 5.97 Å². The standard InChI is InChI=1S/C17H25NO5/c1-6-10-23-14-9-8-12(11-13(14)15(19)21-4)18-16(20)17(3,7-2)22-5/h8-9,11H,6-7,10H2,1-5H3,(H,18,20). The van der Waals surface area contributed by atoms with Crippen LogP contribution in [0, 0.1) is 0 Å². The number of amides is 1. The maximum absolute atomic E-state index is 12.3. The highest BCUT2D eigenvalue weighted by atomic mass is 16.5. The Balaban J connectivity index is 3.05. The summed E-state index contributed by atoms with van der Waals surface area (Å²) < 4.78 is 15.6. The SMILES string of the molecule is CCCOc1ccc(NC(=O)C(C)(CC)OC)cc1C(=O)OC. The van der Waals surface area contributed by atoms with Crippen molar-refractivity contribution in [2.24, 2.45) is 0 Å². The molecule has 1 unspecified atom stereocenters. The van der Waals surface area contributed by atoms with Crippen LogP contribution in [0.4, 0.5) is 5.69 Å². The van der Waals surface area contributed by atoms with E-state index >= 15 is 0 Å². The molecule has 1 aromatic carbocycles. The fourth-order valence-corrected chi connectivity index (χ4v) is 1.88. The summed E-state index contributed by atoms with van der Waals surface area (Å²) in [7, 11) is 2.79. The largest absolute Gasteiger partial charge is 0.493 e. The van der Waals surface area contributed by atoms with Gasteiger partial charge in [-0.25, -0.2) is 4.79 Å². The molecule has 0 radical (unpaired) electrons. The van der Waals surface area contributed by atoms with Crippen molar-refractivity contribution < 1.29 is 23.8 Å². The van der Waals surface area contributed by atoms with Crippen molar-refractivity contribution in [3.8, 4) is 5.75 Å². The highest BCUT2D eigenvalue weighted by Gasteiger charge is 2.31. The van der Waals surface area contributed by atoms with E-state index in [0.717, 1.165) is 6.42 Å². The second kappa shape index (κ2) is 8.53. The lowest BCUT2D eigenvalue weighted by Crippen LogP contribution is -2.41. The summed E-state index contributed by atoms with van der Waals surface area (Å²) >= 11 is 0. The summed E-state index contributed by atoms with van der Waals surface area (Å²) in [6.07, 6.45) is 1.35. The molecule has 1 amide bonds. The Labute approximate surface area is 137 Å². The first kappa shape index (κ1) is 19.0. The number of carbonyl (C=O) groups excluding carboxylic acids is 2. The summed E-state index contributed by atoms with van der Waals surface area (Å²) in [5.41, 5.74) is -0.173. The first-order valence-electron chi connectivity index (χ1n) is 7.63. The molecular weight excluding hydrogens is 298 g/mol. The average molecular weight is 323 g/mol. The summed E-state index contributed by atoms with van der Waals surface area (Å²) in [4.78, 5) is 24.2. The quantitative estimate of drug-likeness (QED) is 0.744. The van der Waals surface area contributed by atoms with Gasteiger partial charge in [-0.15, -0.1) is 0 Å². The second-order valence-corrected chi connectivity index (χ2v) is 5.29. The highest BCUT2D eigenvalue weighted by molar-refractivity contribution is 5.99. The van der Waals surface area contributed by atoms with Gasteiger partial charge in [-0.3, -0.25) is 4.79 Å². The van der Waals surface area contributed by atoms with E-state index in [4.69, 9.17) is 14.2 Å². The zero-order valence-corrected chi connectivity index (χ0v) is 14.4. The van der Waals surface area contributed by atoms with Gasteiger partial charge in [0.25, 0.3) is 5.91 Å². The van der Waals surface area contributed by atoms with Crippen LogP contribution >= 0.6 is 0 Å². The number of hydrogen-bond donors (Lipinski definition) is 1. The van der Waals surface area contributed by atoms with Gasteiger partial charge in [0.15, 0.2) is 0 Å². The Morgan fingerprint density at radius 3 is 2.43 bits per heavy atom. The van der Waals surface area contributed by atoms with Crippen LogP contribution in [0.2, 0.25) is 0 Å². The molecule has 0 aliphatic heterocycles. The predicted molar refractivity (Wildman–Crippen MR) is 87.9 cm³/mol. The molecule has 0 fully saturated rings. The van der Waals surface area contributed by atoms with Gasteiger partial charge in [0.1, 0.15) is 16.9 Å². The maximum Gasteiger partial charge on any atom is 0.341 e. The fraction of sp³-hybridized carbons (Fsp3) is 0.529. The van der Waals surface area contributed by atoms with Crippen LogP contribution in [0.15, 0.2) is 18.2 Å². The number of esters is 1. The van der Waals surface area contributed by atoms with Crippen molar-refractivity contribution in [2.75, 3.05) is 26.1 Å². The highest BCUT2D eigenvalue weighted by Crippen LogP contribution is 2.25. The molecule has 0 aliphatic carbocycles. The molecule has 1 aromatic rings. The van der Waals surface area contributed by atoms with Crippen LogP contribution < -0.4 is 10.1 Å². The van der Waals surface area contributed by atoms with Gasteiger partial charge in [-0.2, -0.15) is 0 Å². The van der Waals surface area contributed by atoms with Crippen LogP contribution in [-0.2, 0) is 14.3 Å². The molecule has 1 atom stereocenters. The van der Waals surface area contributed by atoms with Crippen LogP contribution in [-0.4, -0.2) is 38.3 Å². The van der Waals surface area contributed by atoms with Gasteiger partial charge in [-0.05, 0) is 38.0 Å². The topological polar surface area (TPSA) is 73.9 Å². The lowest BCUT2D eigenvalue weighted by Gasteiger charge is -2.25. The zero-order valence-electron chi connectivity index (χ0n) is 14.4. The zero-order chi connectivity index (χ0) is 17.5. The average Bonchev–Trinajstić information content (AvgIpc) is 2.58. The van der Waals surface area contributed by atoms with Crippen molar-refractivity contribution in [2.45, 2.75) is 39.2 Å². The monoisotopic (exact) mass is 323 g/mol. The van der Waals surface area contributed by atoms with Gasteiger partial charge in [0, 0.05) is 12.8 Å². The maximum atomic E-state index is 12.3. The van der Waals surface area contributed by atoms with Crippen molar-refractivity contribution in [1.29, 1.82) is 0 Å². The third-order valence-electron chi connectivity index (χ3n) is 3.71. The molecule has 0 saturated carbocycles. The van der Waals surface area contributed by atoms with Crippen molar-refractivity contribution in [3.05, 3.63) is 23.8 Å². The molecule has 23 heavy (non-hydrogen) atoms. The lowest BCUT2D eigenvalue weighted by molar-refractivity contribution is -0.136. The minimum Gasteiger partial charge on any atom is -0.493 e. The fourth-order valence-electron chi connectivity index (χ4n) is 1.88. The third kappa shape index (κ3) is 4.69. The first-order chi connectivity index (χ1) is 10.9. The van der Waals surface area contributed by atoms with Crippen molar-refractivity contribution >= 4 is 17.6 Å². The minimum atomic E-state index is -0.928. The number of rotatable bonds is 8. The Morgan fingerprint density at radius 2 is 1.91 bits per heavy atom. The number of carbonyl (C=O) groups is 2. The summed E-state index contributed by atoms with van der Waals surface area (Å²) in [5, 5.41) is 2.76. The van der Waals surface area contributed by atoms with E-state index < -0.39 is 11.6 Å². The molecule has 0 bridgehead atoms. The molecule has 1 N–H and O–H groups in total. The Bertz CT molecular complexity index is 552. The van der Waals surface area contributed by atoms with E-state index in [-0.39, 0.29) is 11.5 Å². The van der Waals surface area contributed by atoms with E-state index in [9.17, 15) is 9.59 Å². The van der Waals surface area contributed by atoms with Gasteiger partial charge < -0.3 is 19.5 Å². The van der Waals surface area contributed by atoms with Gasteiger partial charge in [-0.1, -0.05) is 13.8 Å². The van der Waals surface area contributed by atoms with Crippen LogP contribution in [0.1, 0.15) is 44.0 Å². The Kier molecular flexibility index (Phi) is 7.03. The molecule has 6 heteroatoms. The van der Waals surface area contributed by atoms with Crippen molar-refractivity contribution in [1.82, 2.24) is 0 Å². The van der Waals surface area contributed by atoms with Crippen LogP contribution in [0.5, 0.6) is 5.75 Å². The molecule has 0 spiro atoms. The molecule has 0 aliphatic rings. The van der Waals surface area contributed by atoms with E-state index in [1.165, 1.54) is 14.2 Å². The van der Waals surface area contributed by atoms with Gasteiger partial charge in [0.05, 0.1) is 13.7 Å². The first-order valence-corrected chi connectivity index (χ1v) is 7.63. The van der Waals surface area contributed by atoms with Crippen LogP contribution in [0.3, 0.4) is 0 Å². The molecular formula is C17H25NO5. The number of nitrogens with one attached hydrogen (secondary N) is 1. The predicted octanol–water partition coefficient (Wildman–Crippen LogP) is 3.02. The number of hydrogen-bond acceptors (Lipinski definition) is 5. The smallest absolute Gasteiger partial charge is 0.341 e. The Hall–Kier alpha value is -2.08. The van der Waals surface area contributed by atoms with Gasteiger partial charge in [0.2, 0.25) is 0 Å². The third-order valence-corrected chi connectivity index (χ3v) is 3.71. The molecule has 6 nitrogen and oxygen atoms in total.